The van der Waals surface area contributed by atoms with Crippen LogP contribution >= 0.6 is 0 Å². The molecule has 1 aromatic carbocycles. The van der Waals surface area contributed by atoms with E-state index in [0.717, 1.165) is 30.4 Å². The molecule has 4 nitrogen and oxygen atoms in total. The van der Waals surface area contributed by atoms with Gasteiger partial charge >= 0.3 is 0 Å². The molecule has 0 N–H and O–H groups in total. The van der Waals surface area contributed by atoms with E-state index in [1.165, 1.54) is 5.56 Å². The molecule has 0 atom stereocenters. The van der Waals surface area contributed by atoms with Crippen LogP contribution in [0.1, 0.15) is 11.5 Å². The molecule has 2 aromatic rings. The SMILES string of the molecule is Cc1nc2ccc(CCN(C)CC=O)cc2o1. The van der Waals surface area contributed by atoms with Crippen LogP contribution in [0.15, 0.2) is 22.6 Å². The quantitative estimate of drug-likeness (QED) is 0.738. The zero-order valence-corrected chi connectivity index (χ0v) is 10.1. The highest BCUT2D eigenvalue weighted by molar-refractivity contribution is 5.73. The Balaban J connectivity index is 2.06. The molecule has 0 aliphatic carbocycles. The van der Waals surface area contributed by atoms with Crippen LogP contribution in [-0.4, -0.2) is 36.3 Å². The Bertz CT molecular complexity index is 519. The first-order valence-corrected chi connectivity index (χ1v) is 5.67. The van der Waals surface area contributed by atoms with Crippen molar-refractivity contribution in [3.8, 4) is 0 Å². The number of aryl methyl sites for hydroxylation is 1. The molecule has 0 aliphatic rings. The van der Waals surface area contributed by atoms with Gasteiger partial charge in [0.05, 0.1) is 6.54 Å². The molecule has 0 spiro atoms. The molecule has 0 radical (unpaired) electrons. The summed E-state index contributed by atoms with van der Waals surface area (Å²) in [6.07, 6.45) is 1.82. The maximum Gasteiger partial charge on any atom is 0.192 e. The molecular formula is C13H16N2O2. The zero-order chi connectivity index (χ0) is 12.3. The van der Waals surface area contributed by atoms with E-state index in [2.05, 4.69) is 11.1 Å². The summed E-state index contributed by atoms with van der Waals surface area (Å²) in [7, 11) is 1.94. The van der Waals surface area contributed by atoms with Gasteiger partial charge in [-0.15, -0.1) is 0 Å². The molecule has 0 saturated heterocycles. The molecule has 2 rings (SSSR count). The topological polar surface area (TPSA) is 46.3 Å². The third-order valence-electron chi connectivity index (χ3n) is 2.73. The number of hydrogen-bond acceptors (Lipinski definition) is 4. The van der Waals surface area contributed by atoms with E-state index in [1.54, 1.807) is 0 Å². The van der Waals surface area contributed by atoms with Gasteiger partial charge in [0, 0.05) is 13.5 Å². The van der Waals surface area contributed by atoms with E-state index < -0.39 is 0 Å². The largest absolute Gasteiger partial charge is 0.441 e. The summed E-state index contributed by atoms with van der Waals surface area (Å²) in [5, 5.41) is 0. The maximum atomic E-state index is 10.3. The van der Waals surface area contributed by atoms with Crippen LogP contribution in [0.25, 0.3) is 11.1 Å². The van der Waals surface area contributed by atoms with Crippen LogP contribution in [0.4, 0.5) is 0 Å². The number of hydrogen-bond donors (Lipinski definition) is 0. The van der Waals surface area contributed by atoms with Gasteiger partial charge in [-0.05, 0) is 31.2 Å². The summed E-state index contributed by atoms with van der Waals surface area (Å²) >= 11 is 0. The summed E-state index contributed by atoms with van der Waals surface area (Å²) in [6, 6.07) is 6.05. The molecule has 0 aliphatic heterocycles. The highest BCUT2D eigenvalue weighted by Gasteiger charge is 2.04. The number of likely N-dealkylation sites (N-methyl/N-ethyl adjacent to an activating group) is 1. The lowest BCUT2D eigenvalue weighted by Gasteiger charge is -2.12. The van der Waals surface area contributed by atoms with Crippen molar-refractivity contribution in [2.24, 2.45) is 0 Å². The monoisotopic (exact) mass is 232 g/mol. The molecule has 17 heavy (non-hydrogen) atoms. The van der Waals surface area contributed by atoms with Crippen molar-refractivity contribution in [1.82, 2.24) is 9.88 Å². The number of aldehydes is 1. The van der Waals surface area contributed by atoms with Crippen LogP contribution in [0, 0.1) is 6.92 Å². The first kappa shape index (κ1) is 11.8. The minimum Gasteiger partial charge on any atom is -0.441 e. The predicted molar refractivity (Wildman–Crippen MR) is 66.0 cm³/mol. The highest BCUT2D eigenvalue weighted by Crippen LogP contribution is 2.17. The van der Waals surface area contributed by atoms with Crippen molar-refractivity contribution < 1.29 is 9.21 Å². The summed E-state index contributed by atoms with van der Waals surface area (Å²) < 4.78 is 5.48. The Morgan fingerprint density at radius 2 is 2.29 bits per heavy atom. The lowest BCUT2D eigenvalue weighted by molar-refractivity contribution is -0.108. The van der Waals surface area contributed by atoms with Gasteiger partial charge in [-0.1, -0.05) is 6.07 Å². The second-order valence-corrected chi connectivity index (χ2v) is 4.21. The summed E-state index contributed by atoms with van der Waals surface area (Å²) in [5.74, 6) is 0.690. The average molecular weight is 232 g/mol. The second kappa shape index (κ2) is 5.10. The van der Waals surface area contributed by atoms with E-state index in [1.807, 2.05) is 31.0 Å². The highest BCUT2D eigenvalue weighted by atomic mass is 16.3. The minimum atomic E-state index is 0.476. The zero-order valence-electron chi connectivity index (χ0n) is 10.1. The van der Waals surface area contributed by atoms with Crippen LogP contribution in [0.3, 0.4) is 0 Å². The van der Waals surface area contributed by atoms with E-state index in [0.29, 0.717) is 12.4 Å². The van der Waals surface area contributed by atoms with Gasteiger partial charge in [0.15, 0.2) is 11.5 Å². The molecule has 4 heteroatoms. The minimum absolute atomic E-state index is 0.476. The van der Waals surface area contributed by atoms with Gasteiger partial charge in [0.25, 0.3) is 0 Å². The molecule has 0 fully saturated rings. The third-order valence-corrected chi connectivity index (χ3v) is 2.73. The van der Waals surface area contributed by atoms with Gasteiger partial charge in [0.1, 0.15) is 11.8 Å². The fourth-order valence-corrected chi connectivity index (χ4v) is 1.78. The number of benzene rings is 1. The Kier molecular flexibility index (Phi) is 3.54. The van der Waals surface area contributed by atoms with Crippen LogP contribution in [-0.2, 0) is 11.2 Å². The molecule has 0 amide bonds. The van der Waals surface area contributed by atoms with Gasteiger partial charge < -0.3 is 9.21 Å². The molecule has 90 valence electrons. The number of carbonyl (C=O) groups is 1. The van der Waals surface area contributed by atoms with E-state index >= 15 is 0 Å². The number of rotatable bonds is 5. The number of carbonyl (C=O) groups excluding carboxylic acids is 1. The number of fused-ring (bicyclic) bond motifs is 1. The van der Waals surface area contributed by atoms with Gasteiger partial charge in [-0.3, -0.25) is 4.90 Å². The summed E-state index contributed by atoms with van der Waals surface area (Å²) in [6.45, 7) is 3.18. The van der Waals surface area contributed by atoms with Crippen LogP contribution < -0.4 is 0 Å². The van der Waals surface area contributed by atoms with Crippen molar-refractivity contribution in [2.45, 2.75) is 13.3 Å². The lowest BCUT2D eigenvalue weighted by atomic mass is 10.1. The third kappa shape index (κ3) is 2.91. The van der Waals surface area contributed by atoms with Gasteiger partial charge in [0.2, 0.25) is 0 Å². The second-order valence-electron chi connectivity index (χ2n) is 4.21. The maximum absolute atomic E-state index is 10.3. The Labute approximate surface area is 100 Å². The average Bonchev–Trinajstić information content (AvgIpc) is 2.66. The Hall–Kier alpha value is -1.68. The Morgan fingerprint density at radius 1 is 1.47 bits per heavy atom. The van der Waals surface area contributed by atoms with Crippen molar-refractivity contribution in [2.75, 3.05) is 20.1 Å². The standard InChI is InChI=1S/C13H16N2O2/c1-10-14-12-4-3-11(9-13(12)17-10)5-6-15(2)7-8-16/h3-4,8-9H,5-7H2,1-2H3. The van der Waals surface area contributed by atoms with E-state index in [-0.39, 0.29) is 0 Å². The van der Waals surface area contributed by atoms with E-state index in [4.69, 9.17) is 4.42 Å². The van der Waals surface area contributed by atoms with Crippen molar-refractivity contribution in [3.63, 3.8) is 0 Å². The van der Waals surface area contributed by atoms with E-state index in [9.17, 15) is 4.79 Å². The summed E-state index contributed by atoms with van der Waals surface area (Å²) in [4.78, 5) is 16.6. The van der Waals surface area contributed by atoms with Crippen molar-refractivity contribution >= 4 is 17.4 Å². The summed E-state index contributed by atoms with van der Waals surface area (Å²) in [5.41, 5.74) is 2.93. The normalized spacial score (nSPS) is 11.2. The first-order valence-electron chi connectivity index (χ1n) is 5.67. The molecule has 0 saturated carbocycles. The smallest absolute Gasteiger partial charge is 0.192 e. The lowest BCUT2D eigenvalue weighted by Crippen LogP contribution is -2.23. The number of oxazole rings is 1. The van der Waals surface area contributed by atoms with Crippen LogP contribution in [0.2, 0.25) is 0 Å². The fraction of sp³-hybridized carbons (Fsp3) is 0.385. The molecule has 0 bridgehead atoms. The molecule has 0 unspecified atom stereocenters. The molecule has 1 heterocycles. The fourth-order valence-electron chi connectivity index (χ4n) is 1.78. The van der Waals surface area contributed by atoms with Gasteiger partial charge in [-0.2, -0.15) is 0 Å². The first-order chi connectivity index (χ1) is 8.19. The molecular weight excluding hydrogens is 216 g/mol. The van der Waals surface area contributed by atoms with Crippen molar-refractivity contribution in [3.05, 3.63) is 29.7 Å². The van der Waals surface area contributed by atoms with Gasteiger partial charge in [-0.25, -0.2) is 4.98 Å². The van der Waals surface area contributed by atoms with Crippen molar-refractivity contribution in [1.29, 1.82) is 0 Å². The number of aromatic nitrogens is 1. The Morgan fingerprint density at radius 3 is 3.06 bits per heavy atom. The molecule has 1 aromatic heterocycles. The predicted octanol–water partition coefficient (Wildman–Crippen LogP) is 1.81. The number of nitrogens with zero attached hydrogens (tertiary/aromatic N) is 2. The van der Waals surface area contributed by atoms with Crippen LogP contribution in [0.5, 0.6) is 0 Å².